The molecule has 0 saturated carbocycles. The Morgan fingerprint density at radius 2 is 1.27 bits per heavy atom. The molecular formula is C59H88N2O17. The lowest BCUT2D eigenvalue weighted by atomic mass is 9.84. The molecule has 19 nitrogen and oxygen atoms in total. The van der Waals surface area contributed by atoms with Crippen LogP contribution in [0.25, 0.3) is 0 Å². The molecule has 0 aromatic heterocycles. The van der Waals surface area contributed by atoms with E-state index < -0.39 is 141 Å². The van der Waals surface area contributed by atoms with Crippen LogP contribution in [0.2, 0.25) is 0 Å². The minimum absolute atomic E-state index is 0.0224. The zero-order chi connectivity index (χ0) is 57.5. The number of ketones is 2. The average molecular weight is 1100 g/mol. The number of aliphatic hydroxyl groups excluding tert-OH is 9. The molecule has 0 aliphatic carbocycles. The van der Waals surface area contributed by atoms with E-state index in [0.29, 0.717) is 12.0 Å². The molecule has 3 aliphatic heterocycles. The van der Waals surface area contributed by atoms with Gasteiger partial charge in [-0.2, -0.15) is 0 Å². The second kappa shape index (κ2) is 33.3. The first-order valence-corrected chi connectivity index (χ1v) is 27.3. The van der Waals surface area contributed by atoms with Crippen molar-refractivity contribution in [3.63, 3.8) is 0 Å². The second-order valence-corrected chi connectivity index (χ2v) is 21.4. The fourth-order valence-electron chi connectivity index (χ4n) is 9.87. The number of nitrogens with one attached hydrogen (secondary N) is 1. The van der Waals surface area contributed by atoms with Crippen LogP contribution < -0.4 is 11.1 Å². The van der Waals surface area contributed by atoms with Crippen molar-refractivity contribution in [3.05, 3.63) is 115 Å². The van der Waals surface area contributed by atoms with E-state index in [2.05, 4.69) is 5.32 Å². The summed E-state index contributed by atoms with van der Waals surface area (Å²) in [5.41, 5.74) is 7.33. The summed E-state index contributed by atoms with van der Waals surface area (Å²) in [6.45, 7) is 7.09. The van der Waals surface area contributed by atoms with Gasteiger partial charge in [-0.05, 0) is 69.2 Å². The van der Waals surface area contributed by atoms with Crippen molar-refractivity contribution in [2.75, 3.05) is 12.4 Å². The van der Waals surface area contributed by atoms with Crippen LogP contribution in [-0.2, 0) is 28.5 Å². The first-order valence-electron chi connectivity index (χ1n) is 27.3. The van der Waals surface area contributed by atoms with Gasteiger partial charge in [-0.15, -0.1) is 0 Å². The number of aliphatic hydroxyl groups is 10. The van der Waals surface area contributed by atoms with E-state index in [9.17, 15) is 65.4 Å². The van der Waals surface area contributed by atoms with Crippen LogP contribution in [0, 0.1) is 17.8 Å². The number of nitrogens with two attached hydrogens (primary N) is 1. The molecule has 3 aliphatic rings. The molecule has 4 rings (SSSR count). The number of Topliss-reactive ketones (excluding diaryl/α,β-unsaturated/α-hetero) is 2. The maximum atomic E-state index is 13.3. The molecule has 2 fully saturated rings. The number of hydrogen-bond acceptors (Lipinski definition) is 19. The smallest absolute Gasteiger partial charge is 0.308 e. The highest BCUT2D eigenvalue weighted by atomic mass is 16.7. The van der Waals surface area contributed by atoms with E-state index >= 15 is 0 Å². The van der Waals surface area contributed by atoms with Crippen LogP contribution in [-0.4, -0.2) is 173 Å². The lowest BCUT2D eigenvalue weighted by molar-refractivity contribution is -0.309. The number of carbonyl (C=O) groups excluding carboxylic acids is 3. The van der Waals surface area contributed by atoms with Crippen molar-refractivity contribution < 1.29 is 84.4 Å². The Kier molecular flexibility index (Phi) is 28.1. The van der Waals surface area contributed by atoms with Gasteiger partial charge in [0.25, 0.3) is 0 Å². The Morgan fingerprint density at radius 1 is 0.718 bits per heavy atom. The number of cyclic esters (lactones) is 1. The van der Waals surface area contributed by atoms with E-state index in [1.54, 1.807) is 93.8 Å². The Bertz CT molecular complexity index is 2200. The Morgan fingerprint density at radius 3 is 1.87 bits per heavy atom. The van der Waals surface area contributed by atoms with E-state index in [1.165, 1.54) is 0 Å². The monoisotopic (exact) mass is 1100 g/mol. The van der Waals surface area contributed by atoms with Gasteiger partial charge in [0, 0.05) is 68.7 Å². The standard InChI is InChI=1S/C59H88N2O17/c1-36-18-16-14-12-10-8-6-7-9-11-13-15-17-19-49(76-58-56(73)55(72)54(60)39(4)75-58)33-52-38(3)51(70)35-59(74,78-52)34-48(68)30-46(66)28-44(64)26-43(63)27-45(65)29-47(67)32-53(71)77-57(36)37(2)20-25-42(62)31-50(69)40-21-23-41(61-5)24-22-40/h6-19,21-24,36-39,42-44,46-49,51-52,54-58,61-64,66-68,70,72-74H,20,25-35,60H2,1-5H3/b7-6+,10-8+,11-9+,14-12+,15-13+,18-16+,19-17+/t36-,37-,38+,39+,42?,43+,44-,46-,47+,48-,49?,51-,52-,54+,55-,56-,57-,58-,59+/m0/s1. The summed E-state index contributed by atoms with van der Waals surface area (Å²) in [5, 5.41) is 112. The minimum Gasteiger partial charge on any atom is -0.461 e. The quantitative estimate of drug-likeness (QED) is 0.117. The number of benzene rings is 1. The van der Waals surface area contributed by atoms with Gasteiger partial charge in [0.05, 0.1) is 73.5 Å². The Balaban J connectivity index is 1.51. The van der Waals surface area contributed by atoms with Crippen LogP contribution in [0.4, 0.5) is 5.69 Å². The van der Waals surface area contributed by atoms with Gasteiger partial charge in [0.2, 0.25) is 0 Å². The van der Waals surface area contributed by atoms with E-state index in [4.69, 9.17) is 24.7 Å². The fourth-order valence-corrected chi connectivity index (χ4v) is 9.87. The molecule has 0 radical (unpaired) electrons. The third-order valence-electron chi connectivity index (χ3n) is 14.5. The topological polar surface area (TPSA) is 328 Å². The molecule has 436 valence electrons. The van der Waals surface area contributed by atoms with Gasteiger partial charge < -0.3 is 81.1 Å². The third-order valence-corrected chi connectivity index (χ3v) is 14.5. The minimum atomic E-state index is -2.07. The summed E-state index contributed by atoms with van der Waals surface area (Å²) in [7, 11) is 1.77. The number of esters is 1. The second-order valence-electron chi connectivity index (χ2n) is 21.4. The summed E-state index contributed by atoms with van der Waals surface area (Å²) >= 11 is 0. The maximum Gasteiger partial charge on any atom is 0.308 e. The molecule has 1 aromatic carbocycles. The normalized spacial score (nSPS) is 38.8. The van der Waals surface area contributed by atoms with Crippen molar-refractivity contribution >= 4 is 23.2 Å². The van der Waals surface area contributed by atoms with Crippen molar-refractivity contribution in [3.8, 4) is 0 Å². The highest BCUT2D eigenvalue weighted by Crippen LogP contribution is 2.38. The largest absolute Gasteiger partial charge is 0.461 e. The van der Waals surface area contributed by atoms with Crippen molar-refractivity contribution in [2.24, 2.45) is 23.5 Å². The van der Waals surface area contributed by atoms with E-state index in [1.807, 2.05) is 50.3 Å². The lowest BCUT2D eigenvalue weighted by Crippen LogP contribution is -2.61. The summed E-state index contributed by atoms with van der Waals surface area (Å²) in [5.74, 6) is -4.84. The number of allylic oxidation sites excluding steroid dienone is 12. The zero-order valence-electron chi connectivity index (χ0n) is 45.7. The number of carbonyl (C=O) groups is 3. The molecule has 19 atom stereocenters. The van der Waals surface area contributed by atoms with Gasteiger partial charge in [-0.3, -0.25) is 14.4 Å². The maximum absolute atomic E-state index is 13.3. The van der Waals surface area contributed by atoms with Crippen LogP contribution >= 0.6 is 0 Å². The van der Waals surface area contributed by atoms with Gasteiger partial charge in [0.1, 0.15) is 24.1 Å². The van der Waals surface area contributed by atoms with Gasteiger partial charge in [-0.1, -0.05) is 106 Å². The number of anilines is 1. The van der Waals surface area contributed by atoms with E-state index in [-0.39, 0.29) is 62.6 Å². The van der Waals surface area contributed by atoms with Crippen molar-refractivity contribution in [1.29, 1.82) is 0 Å². The van der Waals surface area contributed by atoms with Crippen molar-refractivity contribution in [1.82, 2.24) is 0 Å². The molecule has 3 heterocycles. The van der Waals surface area contributed by atoms with Crippen LogP contribution in [0.5, 0.6) is 0 Å². The molecular weight excluding hydrogens is 1010 g/mol. The lowest BCUT2D eigenvalue weighted by Gasteiger charge is -2.45. The molecule has 0 spiro atoms. The summed E-state index contributed by atoms with van der Waals surface area (Å²) in [6, 6.07) is 6.07. The SMILES string of the molecule is CNc1ccc(C(=O)CC(O)CC[C@H](C)[C@H]2OC(=O)C[C@H](O)CC(=O)C[C@H](O)C[C@H](O)C[C@H](O)C[C@H](O)C[C@]3(O)C[C@H](O)[C@@H](C)[C@H](CC(O[C@@H]4O[C@H](C)[C@@H](N)[C@H](O)[C@@H]4O)/C=C/C=C/C=C/C=C/C=C/C=C/C=C/[C@@H]2C)O3)cc1. The van der Waals surface area contributed by atoms with Crippen LogP contribution in [0.15, 0.2) is 109 Å². The predicted molar refractivity (Wildman–Crippen MR) is 293 cm³/mol. The average Bonchev–Trinajstić information content (AvgIpc) is 3.38. The summed E-state index contributed by atoms with van der Waals surface area (Å²) < 4.78 is 24.1. The molecule has 19 heteroatoms. The first-order chi connectivity index (χ1) is 37.0. The van der Waals surface area contributed by atoms with Crippen LogP contribution in [0.3, 0.4) is 0 Å². The van der Waals surface area contributed by atoms with Crippen LogP contribution in [0.1, 0.15) is 115 Å². The Hall–Kier alpha value is -4.55. The summed E-state index contributed by atoms with van der Waals surface area (Å²) in [6.07, 6.45) is 6.18. The van der Waals surface area contributed by atoms with Gasteiger partial charge in [-0.25, -0.2) is 0 Å². The highest BCUT2D eigenvalue weighted by molar-refractivity contribution is 5.96. The molecule has 2 bridgehead atoms. The molecule has 13 N–H and O–H groups in total. The third kappa shape index (κ3) is 22.9. The zero-order valence-corrected chi connectivity index (χ0v) is 45.7. The molecule has 2 unspecified atom stereocenters. The predicted octanol–water partition coefficient (Wildman–Crippen LogP) is 3.68. The van der Waals surface area contributed by atoms with Gasteiger partial charge in [0.15, 0.2) is 17.9 Å². The molecule has 2 saturated heterocycles. The highest BCUT2D eigenvalue weighted by Gasteiger charge is 2.47. The number of fused-ring (bicyclic) bond motifs is 2. The molecule has 0 amide bonds. The number of ether oxygens (including phenoxy) is 4. The molecule has 1 aromatic rings. The van der Waals surface area contributed by atoms with Crippen molar-refractivity contribution in [2.45, 2.75) is 202 Å². The number of hydrogen-bond donors (Lipinski definition) is 12. The van der Waals surface area contributed by atoms with Gasteiger partial charge >= 0.3 is 5.97 Å². The fraction of sp³-hybridized carbons (Fsp3) is 0.610. The number of rotatable bonds is 10. The molecule has 78 heavy (non-hydrogen) atoms. The first kappa shape index (κ1) is 66.0. The van der Waals surface area contributed by atoms with E-state index in [0.717, 1.165) is 5.69 Å². The Labute approximate surface area is 459 Å². The summed E-state index contributed by atoms with van der Waals surface area (Å²) in [4.78, 5) is 39.2.